The van der Waals surface area contributed by atoms with Crippen LogP contribution in [0.5, 0.6) is 11.5 Å². The van der Waals surface area contributed by atoms with Crippen molar-refractivity contribution in [2.24, 2.45) is 0 Å². The molecule has 3 rings (SSSR count). The number of amides is 1. The predicted molar refractivity (Wildman–Crippen MR) is 92.8 cm³/mol. The van der Waals surface area contributed by atoms with Gasteiger partial charge in [-0.3, -0.25) is 14.9 Å². The lowest BCUT2D eigenvalue weighted by Crippen LogP contribution is -2.10. The number of nitrogens with zero attached hydrogens (tertiary/aromatic N) is 1. The highest BCUT2D eigenvalue weighted by molar-refractivity contribution is 6.03. The Balaban J connectivity index is 1.84. The molecule has 1 N–H and O–H groups in total. The minimum absolute atomic E-state index is 0.0255. The number of nitro benzene ring substituents is 1. The smallest absolute Gasteiger partial charge is 0.296 e. The molecule has 0 aliphatic carbocycles. The first kappa shape index (κ1) is 17.4. The molecule has 0 atom stereocenters. The van der Waals surface area contributed by atoms with Crippen molar-refractivity contribution in [3.8, 4) is 11.5 Å². The van der Waals surface area contributed by atoms with E-state index in [1.54, 1.807) is 6.07 Å². The number of nitro groups is 1. The fourth-order valence-corrected chi connectivity index (χ4v) is 2.40. The molecule has 0 unspecified atom stereocenters. The highest BCUT2D eigenvalue weighted by atomic mass is 19.1. The summed E-state index contributed by atoms with van der Waals surface area (Å²) in [5.74, 6) is -0.528. The molecule has 0 saturated heterocycles. The first-order chi connectivity index (χ1) is 12.5. The van der Waals surface area contributed by atoms with E-state index in [4.69, 9.17) is 9.47 Å². The lowest BCUT2D eigenvalue weighted by molar-refractivity contribution is -0.384. The number of nitrogens with one attached hydrogen (secondary N) is 1. The number of anilines is 1. The van der Waals surface area contributed by atoms with Crippen molar-refractivity contribution in [1.29, 1.82) is 0 Å². The molecule has 8 heteroatoms. The van der Waals surface area contributed by atoms with Gasteiger partial charge in [0.05, 0.1) is 24.2 Å². The monoisotopic (exact) mass is 358 g/mol. The summed E-state index contributed by atoms with van der Waals surface area (Å²) in [6, 6.07) is 8.52. The first-order valence-corrected chi connectivity index (χ1v) is 7.86. The second-order valence-electron chi connectivity index (χ2n) is 5.47. The molecular weight excluding hydrogens is 343 g/mol. The van der Waals surface area contributed by atoms with Crippen molar-refractivity contribution < 1.29 is 23.6 Å². The Bertz CT molecular complexity index is 882. The summed E-state index contributed by atoms with van der Waals surface area (Å²) in [7, 11) is 0. The SMILES string of the molecule is O=C(/C=C/c1ccccc1F)Nc1cc2c(cc1[N+](=O)[O-])OCCCO2. The van der Waals surface area contributed by atoms with Crippen molar-refractivity contribution in [3.63, 3.8) is 0 Å². The molecule has 1 aliphatic rings. The standard InChI is InChI=1S/C18H15FN2O5/c19-13-5-2-1-4-12(13)6-7-18(22)20-14-10-16-17(11-15(14)21(23)24)26-9-3-8-25-16/h1-2,4-7,10-11H,3,8-9H2,(H,20,22)/b7-6+. The topological polar surface area (TPSA) is 90.7 Å². The van der Waals surface area contributed by atoms with E-state index in [0.29, 0.717) is 25.4 Å². The number of hydrogen-bond donors (Lipinski definition) is 1. The Kier molecular flexibility index (Phi) is 5.12. The predicted octanol–water partition coefficient (Wildman–Crippen LogP) is 3.55. The van der Waals surface area contributed by atoms with Gasteiger partial charge in [-0.05, 0) is 12.1 Å². The van der Waals surface area contributed by atoms with Crippen LogP contribution in [0.25, 0.3) is 6.08 Å². The highest BCUT2D eigenvalue weighted by Gasteiger charge is 2.22. The van der Waals surface area contributed by atoms with Gasteiger partial charge in [0.15, 0.2) is 11.5 Å². The fourth-order valence-electron chi connectivity index (χ4n) is 2.40. The summed E-state index contributed by atoms with van der Waals surface area (Å²) in [4.78, 5) is 22.8. The van der Waals surface area contributed by atoms with E-state index in [2.05, 4.69) is 5.32 Å². The molecule has 1 heterocycles. The Morgan fingerprint density at radius 1 is 1.19 bits per heavy atom. The van der Waals surface area contributed by atoms with Gasteiger partial charge in [-0.2, -0.15) is 0 Å². The Labute approximate surface area is 148 Å². The van der Waals surface area contributed by atoms with Crippen LogP contribution in [-0.4, -0.2) is 24.0 Å². The normalized spacial score (nSPS) is 13.3. The summed E-state index contributed by atoms with van der Waals surface area (Å²) in [5, 5.41) is 13.7. The molecule has 0 aromatic heterocycles. The van der Waals surface area contributed by atoms with E-state index < -0.39 is 16.6 Å². The maximum absolute atomic E-state index is 13.6. The number of rotatable bonds is 4. The molecule has 0 fully saturated rings. The molecule has 134 valence electrons. The number of halogens is 1. The maximum atomic E-state index is 13.6. The van der Waals surface area contributed by atoms with Crippen molar-refractivity contribution in [3.05, 3.63) is 64.0 Å². The fraction of sp³-hybridized carbons (Fsp3) is 0.167. The Morgan fingerprint density at radius 2 is 1.88 bits per heavy atom. The lowest BCUT2D eigenvalue weighted by atomic mass is 10.2. The largest absolute Gasteiger partial charge is 0.489 e. The van der Waals surface area contributed by atoms with Gasteiger partial charge in [0.25, 0.3) is 5.69 Å². The number of carbonyl (C=O) groups excluding carboxylic acids is 1. The van der Waals surface area contributed by atoms with Crippen LogP contribution in [0.3, 0.4) is 0 Å². The number of carbonyl (C=O) groups is 1. The van der Waals surface area contributed by atoms with Crippen LogP contribution < -0.4 is 14.8 Å². The van der Waals surface area contributed by atoms with Crippen LogP contribution in [0.2, 0.25) is 0 Å². The molecule has 2 aromatic carbocycles. The summed E-state index contributed by atoms with van der Waals surface area (Å²) in [6.07, 6.45) is 3.04. The first-order valence-electron chi connectivity index (χ1n) is 7.86. The van der Waals surface area contributed by atoms with Gasteiger partial charge in [0.2, 0.25) is 5.91 Å². The summed E-state index contributed by atoms with van der Waals surface area (Å²) < 4.78 is 24.5. The van der Waals surface area contributed by atoms with Gasteiger partial charge < -0.3 is 14.8 Å². The highest BCUT2D eigenvalue weighted by Crippen LogP contribution is 2.39. The molecule has 0 bridgehead atoms. The minimum atomic E-state index is -0.633. The molecule has 0 saturated carbocycles. The third-order valence-corrected chi connectivity index (χ3v) is 3.64. The molecule has 1 amide bonds. The molecule has 0 radical (unpaired) electrons. The van der Waals surface area contributed by atoms with Gasteiger partial charge in [0.1, 0.15) is 11.5 Å². The van der Waals surface area contributed by atoms with Crippen LogP contribution >= 0.6 is 0 Å². The van der Waals surface area contributed by atoms with Gasteiger partial charge in [-0.1, -0.05) is 18.2 Å². The van der Waals surface area contributed by atoms with E-state index in [1.165, 1.54) is 36.4 Å². The van der Waals surface area contributed by atoms with Crippen LogP contribution in [0, 0.1) is 15.9 Å². The summed E-state index contributed by atoms with van der Waals surface area (Å²) in [6.45, 7) is 0.798. The average molecular weight is 358 g/mol. The van der Waals surface area contributed by atoms with E-state index in [-0.39, 0.29) is 22.7 Å². The molecule has 2 aromatic rings. The van der Waals surface area contributed by atoms with Gasteiger partial charge >= 0.3 is 0 Å². The van der Waals surface area contributed by atoms with E-state index in [1.807, 2.05) is 0 Å². The Morgan fingerprint density at radius 3 is 2.58 bits per heavy atom. The molecular formula is C18H15FN2O5. The third-order valence-electron chi connectivity index (χ3n) is 3.64. The van der Waals surface area contributed by atoms with E-state index in [9.17, 15) is 19.3 Å². The van der Waals surface area contributed by atoms with Crippen LogP contribution in [0.1, 0.15) is 12.0 Å². The van der Waals surface area contributed by atoms with Gasteiger partial charge in [0, 0.05) is 24.1 Å². The molecule has 1 aliphatic heterocycles. The number of fused-ring (bicyclic) bond motifs is 1. The zero-order valence-corrected chi connectivity index (χ0v) is 13.6. The maximum Gasteiger partial charge on any atom is 0.296 e. The van der Waals surface area contributed by atoms with Crippen LogP contribution in [0.4, 0.5) is 15.8 Å². The molecule has 0 spiro atoms. The van der Waals surface area contributed by atoms with Crippen molar-refractivity contribution in [2.75, 3.05) is 18.5 Å². The number of ether oxygens (including phenoxy) is 2. The quantitative estimate of drug-likeness (QED) is 0.513. The summed E-state index contributed by atoms with van der Waals surface area (Å²) >= 11 is 0. The van der Waals surface area contributed by atoms with E-state index in [0.717, 1.165) is 6.08 Å². The van der Waals surface area contributed by atoms with Gasteiger partial charge in [-0.25, -0.2) is 4.39 Å². The number of benzene rings is 2. The number of hydrogen-bond acceptors (Lipinski definition) is 5. The Hall–Kier alpha value is -3.42. The van der Waals surface area contributed by atoms with Crippen LogP contribution in [0.15, 0.2) is 42.5 Å². The van der Waals surface area contributed by atoms with Crippen molar-refractivity contribution in [1.82, 2.24) is 0 Å². The molecule has 26 heavy (non-hydrogen) atoms. The zero-order chi connectivity index (χ0) is 18.5. The summed E-state index contributed by atoms with van der Waals surface area (Å²) in [5.41, 5.74) is -0.111. The van der Waals surface area contributed by atoms with Crippen molar-refractivity contribution in [2.45, 2.75) is 6.42 Å². The minimum Gasteiger partial charge on any atom is -0.489 e. The average Bonchev–Trinajstić information content (AvgIpc) is 2.85. The second kappa shape index (κ2) is 7.64. The van der Waals surface area contributed by atoms with Crippen LogP contribution in [-0.2, 0) is 4.79 Å². The second-order valence-corrected chi connectivity index (χ2v) is 5.47. The zero-order valence-electron chi connectivity index (χ0n) is 13.6. The van der Waals surface area contributed by atoms with E-state index >= 15 is 0 Å². The molecule has 7 nitrogen and oxygen atoms in total. The van der Waals surface area contributed by atoms with Gasteiger partial charge in [-0.15, -0.1) is 0 Å². The lowest BCUT2D eigenvalue weighted by Gasteiger charge is -2.10. The third kappa shape index (κ3) is 3.97. The van der Waals surface area contributed by atoms with Crippen molar-refractivity contribution >= 4 is 23.4 Å².